The highest BCUT2D eigenvalue weighted by molar-refractivity contribution is 5.89. The highest BCUT2D eigenvalue weighted by Crippen LogP contribution is 2.21. The van der Waals surface area contributed by atoms with Gasteiger partial charge in [-0.05, 0) is 42.8 Å². The van der Waals surface area contributed by atoms with Gasteiger partial charge >= 0.3 is 5.97 Å². The summed E-state index contributed by atoms with van der Waals surface area (Å²) in [4.78, 5) is 23.7. The van der Waals surface area contributed by atoms with Gasteiger partial charge in [-0.1, -0.05) is 18.2 Å². The van der Waals surface area contributed by atoms with Crippen molar-refractivity contribution in [3.63, 3.8) is 0 Å². The van der Waals surface area contributed by atoms with Crippen LogP contribution < -0.4 is 10.3 Å². The minimum Gasteiger partial charge on any atom is -0.494 e. The molecular weight excluding hydrogens is 306 g/mol. The first kappa shape index (κ1) is 15.8. The zero-order valence-corrected chi connectivity index (χ0v) is 13.2. The lowest BCUT2D eigenvalue weighted by Crippen LogP contribution is -2.21. The SMILES string of the molecule is CCOc1ccc2c(ccc(=O)n2Cc2ccccc2C(=O)O)c1. The van der Waals surface area contributed by atoms with E-state index >= 15 is 0 Å². The van der Waals surface area contributed by atoms with Crippen LogP contribution in [0, 0.1) is 0 Å². The van der Waals surface area contributed by atoms with Gasteiger partial charge in [-0.3, -0.25) is 4.79 Å². The first-order chi connectivity index (χ1) is 11.6. The largest absolute Gasteiger partial charge is 0.494 e. The normalized spacial score (nSPS) is 10.7. The Labute approximate surface area is 138 Å². The Hall–Kier alpha value is -3.08. The van der Waals surface area contributed by atoms with Crippen molar-refractivity contribution in [2.75, 3.05) is 6.61 Å². The van der Waals surface area contributed by atoms with Crippen molar-refractivity contribution >= 4 is 16.9 Å². The molecule has 3 aromatic rings. The minimum absolute atomic E-state index is 0.174. The molecule has 0 unspecified atom stereocenters. The summed E-state index contributed by atoms with van der Waals surface area (Å²) in [6.45, 7) is 2.68. The van der Waals surface area contributed by atoms with Crippen molar-refractivity contribution < 1.29 is 14.6 Å². The van der Waals surface area contributed by atoms with Gasteiger partial charge < -0.3 is 14.4 Å². The number of hydrogen-bond donors (Lipinski definition) is 1. The number of carboxylic acids is 1. The second-order valence-electron chi connectivity index (χ2n) is 5.37. The van der Waals surface area contributed by atoms with Crippen molar-refractivity contribution in [1.29, 1.82) is 0 Å². The number of pyridine rings is 1. The van der Waals surface area contributed by atoms with Crippen molar-refractivity contribution in [2.24, 2.45) is 0 Å². The van der Waals surface area contributed by atoms with Gasteiger partial charge in [-0.2, -0.15) is 0 Å². The van der Waals surface area contributed by atoms with Crippen molar-refractivity contribution in [1.82, 2.24) is 4.57 Å². The lowest BCUT2D eigenvalue weighted by Gasteiger charge is -2.13. The smallest absolute Gasteiger partial charge is 0.336 e. The van der Waals surface area contributed by atoms with Gasteiger partial charge in [0.1, 0.15) is 5.75 Å². The number of rotatable bonds is 5. The molecule has 0 aliphatic carbocycles. The molecule has 0 fully saturated rings. The summed E-state index contributed by atoms with van der Waals surface area (Å²) in [6, 6.07) is 15.5. The van der Waals surface area contributed by atoms with Crippen LogP contribution in [0.1, 0.15) is 22.8 Å². The molecule has 3 rings (SSSR count). The summed E-state index contributed by atoms with van der Waals surface area (Å²) in [5, 5.41) is 10.2. The van der Waals surface area contributed by atoms with Gasteiger partial charge in [0.05, 0.1) is 24.2 Å². The van der Waals surface area contributed by atoms with Gasteiger partial charge in [-0.15, -0.1) is 0 Å². The number of benzene rings is 2. The van der Waals surface area contributed by atoms with Gasteiger partial charge in [-0.25, -0.2) is 4.79 Å². The minimum atomic E-state index is -1.00. The zero-order valence-electron chi connectivity index (χ0n) is 13.2. The predicted molar refractivity (Wildman–Crippen MR) is 91.9 cm³/mol. The summed E-state index contributed by atoms with van der Waals surface area (Å²) >= 11 is 0. The molecule has 2 aromatic carbocycles. The number of aromatic nitrogens is 1. The zero-order chi connectivity index (χ0) is 17.1. The fourth-order valence-electron chi connectivity index (χ4n) is 2.74. The first-order valence-corrected chi connectivity index (χ1v) is 7.67. The molecule has 0 atom stereocenters. The van der Waals surface area contributed by atoms with E-state index in [9.17, 15) is 14.7 Å². The van der Waals surface area contributed by atoms with Gasteiger partial charge in [0.25, 0.3) is 5.56 Å². The molecular formula is C19H17NO4. The molecule has 0 aliphatic rings. The molecule has 0 aliphatic heterocycles. The highest BCUT2D eigenvalue weighted by Gasteiger charge is 2.12. The third kappa shape index (κ3) is 3.01. The number of fused-ring (bicyclic) bond motifs is 1. The molecule has 5 nitrogen and oxygen atoms in total. The topological polar surface area (TPSA) is 68.5 Å². The van der Waals surface area contributed by atoms with E-state index in [0.717, 1.165) is 16.7 Å². The molecule has 0 saturated carbocycles. The molecule has 1 aromatic heterocycles. The summed E-state index contributed by atoms with van der Waals surface area (Å²) in [5.41, 5.74) is 1.36. The lowest BCUT2D eigenvalue weighted by molar-refractivity contribution is 0.0695. The van der Waals surface area contributed by atoms with E-state index < -0.39 is 5.97 Å². The van der Waals surface area contributed by atoms with E-state index in [0.29, 0.717) is 12.2 Å². The lowest BCUT2D eigenvalue weighted by atomic mass is 10.1. The Kier molecular flexibility index (Phi) is 4.33. The second kappa shape index (κ2) is 6.58. The van der Waals surface area contributed by atoms with E-state index in [2.05, 4.69) is 0 Å². The predicted octanol–water partition coefficient (Wildman–Crippen LogP) is 3.15. The van der Waals surface area contributed by atoms with Crippen molar-refractivity contribution in [3.05, 3.63) is 76.1 Å². The molecule has 0 saturated heterocycles. The third-order valence-corrected chi connectivity index (χ3v) is 3.85. The van der Waals surface area contributed by atoms with Crippen LogP contribution >= 0.6 is 0 Å². The first-order valence-electron chi connectivity index (χ1n) is 7.67. The van der Waals surface area contributed by atoms with Crippen LogP contribution in [0.3, 0.4) is 0 Å². The van der Waals surface area contributed by atoms with E-state index in [1.54, 1.807) is 34.9 Å². The van der Waals surface area contributed by atoms with Crippen LogP contribution in [0.25, 0.3) is 10.9 Å². The van der Waals surface area contributed by atoms with Crippen LogP contribution in [-0.2, 0) is 6.54 Å². The Balaban J connectivity index is 2.11. The Bertz CT molecular complexity index is 959. The standard InChI is InChI=1S/C19H17NO4/c1-2-24-15-8-9-17-13(11-15)7-10-18(21)20(17)12-14-5-3-4-6-16(14)19(22)23/h3-11H,2,12H2,1H3,(H,22,23). The average molecular weight is 323 g/mol. The van der Waals surface area contributed by atoms with Crippen LogP contribution in [0.5, 0.6) is 5.75 Å². The van der Waals surface area contributed by atoms with E-state index in [1.807, 2.05) is 25.1 Å². The van der Waals surface area contributed by atoms with Gasteiger partial charge in [0.15, 0.2) is 0 Å². The number of carbonyl (C=O) groups is 1. The molecule has 0 spiro atoms. The van der Waals surface area contributed by atoms with Gasteiger partial charge in [0, 0.05) is 11.5 Å². The number of hydrogen-bond acceptors (Lipinski definition) is 3. The van der Waals surface area contributed by atoms with E-state index in [4.69, 9.17) is 4.74 Å². The van der Waals surface area contributed by atoms with Crippen molar-refractivity contribution in [3.8, 4) is 5.75 Å². The monoisotopic (exact) mass is 323 g/mol. The second-order valence-corrected chi connectivity index (χ2v) is 5.37. The number of ether oxygens (including phenoxy) is 1. The highest BCUT2D eigenvalue weighted by atomic mass is 16.5. The summed E-state index contributed by atoms with van der Waals surface area (Å²) in [5.74, 6) is -0.265. The molecule has 5 heteroatoms. The summed E-state index contributed by atoms with van der Waals surface area (Å²) in [7, 11) is 0. The Morgan fingerprint density at radius 3 is 2.67 bits per heavy atom. The maximum atomic E-state index is 12.3. The molecule has 1 heterocycles. The van der Waals surface area contributed by atoms with Crippen LogP contribution in [0.15, 0.2) is 59.4 Å². The number of nitrogens with zero attached hydrogens (tertiary/aromatic N) is 1. The number of aromatic carboxylic acids is 1. The summed E-state index contributed by atoms with van der Waals surface area (Å²) < 4.78 is 7.06. The molecule has 1 N–H and O–H groups in total. The van der Waals surface area contributed by atoms with Crippen LogP contribution in [0.4, 0.5) is 0 Å². The third-order valence-electron chi connectivity index (χ3n) is 3.85. The molecule has 0 amide bonds. The van der Waals surface area contributed by atoms with E-state index in [-0.39, 0.29) is 17.7 Å². The average Bonchev–Trinajstić information content (AvgIpc) is 2.58. The van der Waals surface area contributed by atoms with Crippen molar-refractivity contribution in [2.45, 2.75) is 13.5 Å². The summed E-state index contributed by atoms with van der Waals surface area (Å²) in [6.07, 6.45) is 0. The fraction of sp³-hybridized carbons (Fsp3) is 0.158. The molecule has 24 heavy (non-hydrogen) atoms. The fourth-order valence-corrected chi connectivity index (χ4v) is 2.74. The Morgan fingerprint density at radius 1 is 1.12 bits per heavy atom. The molecule has 122 valence electrons. The van der Waals surface area contributed by atoms with Crippen LogP contribution in [-0.4, -0.2) is 22.2 Å². The van der Waals surface area contributed by atoms with Gasteiger partial charge in [0.2, 0.25) is 0 Å². The van der Waals surface area contributed by atoms with E-state index in [1.165, 1.54) is 6.07 Å². The molecule has 0 bridgehead atoms. The van der Waals surface area contributed by atoms with Crippen LogP contribution in [0.2, 0.25) is 0 Å². The number of carboxylic acid groups (broad SMARTS) is 1. The maximum Gasteiger partial charge on any atom is 0.336 e. The Morgan fingerprint density at radius 2 is 1.92 bits per heavy atom. The maximum absolute atomic E-state index is 12.3. The quantitative estimate of drug-likeness (QED) is 0.783. The molecule has 0 radical (unpaired) electrons.